The van der Waals surface area contributed by atoms with Gasteiger partial charge in [-0.25, -0.2) is 4.98 Å². The van der Waals surface area contributed by atoms with Crippen molar-refractivity contribution < 1.29 is 4.79 Å². The molecule has 1 heterocycles. The van der Waals surface area contributed by atoms with Crippen LogP contribution in [-0.2, 0) is 0 Å². The Morgan fingerprint density at radius 3 is 2.32 bits per heavy atom. The molecule has 4 nitrogen and oxygen atoms in total. The third-order valence-electron chi connectivity index (χ3n) is 4.32. The van der Waals surface area contributed by atoms with Crippen molar-refractivity contribution in [1.29, 1.82) is 0 Å². The molecule has 2 aromatic carbocycles. The first-order valence-electron chi connectivity index (χ1n) is 8.95. The average Bonchev–Trinajstić information content (AvgIpc) is 2.66. The summed E-state index contributed by atoms with van der Waals surface area (Å²) in [6.07, 6.45) is 0. The number of halogens is 1. The van der Waals surface area contributed by atoms with E-state index in [0.29, 0.717) is 5.56 Å². The lowest BCUT2D eigenvalue weighted by molar-refractivity contribution is 0.0827. The number of carbonyl (C=O) groups excluding carboxylic acids is 1. The fourth-order valence-electron chi connectivity index (χ4n) is 2.79. The Morgan fingerprint density at radius 1 is 1.00 bits per heavy atom. The van der Waals surface area contributed by atoms with Crippen LogP contribution in [0.15, 0.2) is 59.6 Å². The highest BCUT2D eigenvalue weighted by atomic mass is 35.5. The number of hydrogen-bond acceptors (Lipinski definition) is 4. The number of rotatable bonds is 6. The predicted octanol–water partition coefficient (Wildman–Crippen LogP) is 4.68. The van der Waals surface area contributed by atoms with Crippen LogP contribution in [0.1, 0.15) is 10.4 Å². The van der Waals surface area contributed by atoms with Gasteiger partial charge in [0.05, 0.1) is 5.52 Å². The molecule has 0 unspecified atom stereocenters. The highest BCUT2D eigenvalue weighted by Crippen LogP contribution is 2.33. The third kappa shape index (κ3) is 5.25. The van der Waals surface area contributed by atoms with E-state index in [-0.39, 0.29) is 18.3 Å². The molecule has 0 radical (unpaired) electrons. The average molecular weight is 416 g/mol. The highest BCUT2D eigenvalue weighted by molar-refractivity contribution is 7.99. The summed E-state index contributed by atoms with van der Waals surface area (Å²) in [4.78, 5) is 20.8. The Bertz CT molecular complexity index is 942. The molecule has 0 aliphatic rings. The van der Waals surface area contributed by atoms with Crippen molar-refractivity contribution in [3.8, 4) is 11.1 Å². The maximum absolute atomic E-state index is 12.1. The van der Waals surface area contributed by atoms with Crippen LogP contribution in [0.4, 0.5) is 0 Å². The number of carbonyl (C=O) groups is 1. The molecular formula is C22H26ClN3OS. The zero-order chi connectivity index (χ0) is 19.4. The number of thioether (sulfide) groups is 1. The molecule has 1 amide bonds. The quantitative estimate of drug-likeness (QED) is 0.548. The normalized spacial score (nSPS) is 10.8. The Labute approximate surface area is 177 Å². The van der Waals surface area contributed by atoms with E-state index in [9.17, 15) is 4.79 Å². The van der Waals surface area contributed by atoms with E-state index >= 15 is 0 Å². The molecule has 3 rings (SSSR count). The second-order valence-electron chi connectivity index (χ2n) is 6.96. The summed E-state index contributed by atoms with van der Waals surface area (Å²) >= 11 is 1.77. The summed E-state index contributed by atoms with van der Waals surface area (Å²) in [7, 11) is 7.69. The van der Waals surface area contributed by atoms with Crippen molar-refractivity contribution in [2.45, 2.75) is 5.03 Å². The van der Waals surface area contributed by atoms with Crippen LogP contribution < -0.4 is 0 Å². The minimum atomic E-state index is 0. The van der Waals surface area contributed by atoms with Gasteiger partial charge in [-0.1, -0.05) is 30.3 Å². The SMILES string of the molecule is CN(C)CCSc1nc2ccccc2cc1-c1ccc(C(=O)N(C)C)cc1.Cl. The number of amides is 1. The first-order valence-corrected chi connectivity index (χ1v) is 9.93. The lowest BCUT2D eigenvalue weighted by Gasteiger charge is -2.14. The zero-order valence-corrected chi connectivity index (χ0v) is 18.3. The van der Waals surface area contributed by atoms with Crippen molar-refractivity contribution in [3.05, 3.63) is 60.2 Å². The maximum atomic E-state index is 12.1. The molecule has 3 aromatic rings. The van der Waals surface area contributed by atoms with E-state index in [1.165, 1.54) is 0 Å². The van der Waals surface area contributed by atoms with E-state index < -0.39 is 0 Å². The van der Waals surface area contributed by atoms with Crippen LogP contribution in [-0.4, -0.2) is 61.2 Å². The maximum Gasteiger partial charge on any atom is 0.253 e. The van der Waals surface area contributed by atoms with Crippen LogP contribution >= 0.6 is 24.2 Å². The zero-order valence-electron chi connectivity index (χ0n) is 16.7. The molecular weight excluding hydrogens is 390 g/mol. The van der Waals surface area contributed by atoms with Gasteiger partial charge in [0.2, 0.25) is 0 Å². The van der Waals surface area contributed by atoms with Gasteiger partial charge in [0.15, 0.2) is 0 Å². The van der Waals surface area contributed by atoms with Gasteiger partial charge < -0.3 is 9.80 Å². The number of benzene rings is 2. The van der Waals surface area contributed by atoms with Crippen molar-refractivity contribution in [1.82, 2.24) is 14.8 Å². The molecule has 0 spiro atoms. The Morgan fingerprint density at radius 2 is 1.68 bits per heavy atom. The van der Waals surface area contributed by atoms with Crippen LogP contribution in [0, 0.1) is 0 Å². The van der Waals surface area contributed by atoms with Gasteiger partial charge in [-0.2, -0.15) is 0 Å². The summed E-state index contributed by atoms with van der Waals surface area (Å²) in [5.41, 5.74) is 3.89. The second kappa shape index (κ2) is 9.92. The van der Waals surface area contributed by atoms with Crippen molar-refractivity contribution in [2.75, 3.05) is 40.5 Å². The van der Waals surface area contributed by atoms with E-state index in [4.69, 9.17) is 4.98 Å². The fraction of sp³-hybridized carbons (Fsp3) is 0.273. The third-order valence-corrected chi connectivity index (χ3v) is 5.29. The largest absolute Gasteiger partial charge is 0.345 e. The molecule has 0 atom stereocenters. The van der Waals surface area contributed by atoms with Crippen molar-refractivity contribution in [3.63, 3.8) is 0 Å². The fourth-order valence-corrected chi connectivity index (χ4v) is 3.94. The van der Waals surface area contributed by atoms with Crippen LogP contribution in [0.5, 0.6) is 0 Å². The molecule has 6 heteroatoms. The number of aromatic nitrogens is 1. The number of fused-ring (bicyclic) bond motifs is 1. The summed E-state index contributed by atoms with van der Waals surface area (Å²) in [5, 5.41) is 2.15. The van der Waals surface area contributed by atoms with Crippen LogP contribution in [0.3, 0.4) is 0 Å². The highest BCUT2D eigenvalue weighted by Gasteiger charge is 2.12. The summed E-state index contributed by atoms with van der Waals surface area (Å²) in [6.45, 7) is 0.995. The molecule has 0 bridgehead atoms. The summed E-state index contributed by atoms with van der Waals surface area (Å²) in [5.74, 6) is 0.987. The molecule has 0 saturated carbocycles. The predicted molar refractivity (Wildman–Crippen MR) is 122 cm³/mol. The second-order valence-corrected chi connectivity index (χ2v) is 8.05. The van der Waals surface area contributed by atoms with E-state index in [2.05, 4.69) is 31.1 Å². The molecule has 28 heavy (non-hydrogen) atoms. The first kappa shape index (κ1) is 22.2. The molecule has 0 N–H and O–H groups in total. The Balaban J connectivity index is 0.00000280. The molecule has 0 aliphatic heterocycles. The molecule has 0 aliphatic carbocycles. The number of nitrogens with zero attached hydrogens (tertiary/aromatic N) is 3. The lowest BCUT2D eigenvalue weighted by atomic mass is 10.0. The number of pyridine rings is 1. The van der Waals surface area contributed by atoms with Gasteiger partial charge in [0.1, 0.15) is 5.03 Å². The molecule has 0 fully saturated rings. The monoisotopic (exact) mass is 415 g/mol. The minimum Gasteiger partial charge on any atom is -0.345 e. The number of hydrogen-bond donors (Lipinski definition) is 0. The van der Waals surface area contributed by atoms with Crippen LogP contribution in [0.2, 0.25) is 0 Å². The van der Waals surface area contributed by atoms with E-state index in [1.807, 2.05) is 42.5 Å². The molecule has 148 valence electrons. The molecule has 0 saturated heterocycles. The van der Waals surface area contributed by atoms with Gasteiger partial charge >= 0.3 is 0 Å². The van der Waals surface area contributed by atoms with E-state index in [0.717, 1.165) is 39.4 Å². The Hall–Kier alpha value is -2.08. The Kier molecular flexibility index (Phi) is 7.87. The molecule has 1 aromatic heterocycles. The lowest BCUT2D eigenvalue weighted by Crippen LogP contribution is -2.21. The van der Waals surface area contributed by atoms with Gasteiger partial charge in [-0.05, 0) is 43.9 Å². The summed E-state index contributed by atoms with van der Waals surface area (Å²) in [6, 6.07) is 18.2. The first-order chi connectivity index (χ1) is 13.0. The summed E-state index contributed by atoms with van der Waals surface area (Å²) < 4.78 is 0. The van der Waals surface area contributed by atoms with Gasteiger partial charge in [-0.3, -0.25) is 4.79 Å². The smallest absolute Gasteiger partial charge is 0.253 e. The topological polar surface area (TPSA) is 36.4 Å². The van der Waals surface area contributed by atoms with Crippen molar-refractivity contribution >= 4 is 41.0 Å². The van der Waals surface area contributed by atoms with Gasteiger partial charge in [0.25, 0.3) is 5.91 Å². The minimum absolute atomic E-state index is 0. The number of para-hydroxylation sites is 1. The van der Waals surface area contributed by atoms with Crippen molar-refractivity contribution in [2.24, 2.45) is 0 Å². The standard InChI is InChI=1S/C22H25N3OS.ClH/c1-24(2)13-14-27-21-19(15-18-7-5-6-8-20(18)23-21)16-9-11-17(12-10-16)22(26)25(3)4;/h5-12,15H,13-14H2,1-4H3;1H. The van der Waals surface area contributed by atoms with Gasteiger partial charge in [0, 0.05) is 42.9 Å². The van der Waals surface area contributed by atoms with Crippen LogP contribution in [0.25, 0.3) is 22.0 Å². The van der Waals surface area contributed by atoms with E-state index in [1.54, 1.807) is 30.8 Å². The van der Waals surface area contributed by atoms with Gasteiger partial charge in [-0.15, -0.1) is 24.2 Å².